The van der Waals surface area contributed by atoms with E-state index in [0.29, 0.717) is 37.0 Å². The van der Waals surface area contributed by atoms with Crippen molar-refractivity contribution < 1.29 is 12.9 Å². The third-order valence-corrected chi connectivity index (χ3v) is 5.97. The van der Waals surface area contributed by atoms with E-state index in [-0.39, 0.29) is 4.90 Å². The lowest BCUT2D eigenvalue weighted by molar-refractivity contribution is 0.379. The summed E-state index contributed by atoms with van der Waals surface area (Å²) >= 11 is 6.00. The number of halogens is 1. The van der Waals surface area contributed by atoms with Crippen LogP contribution in [0.1, 0.15) is 5.76 Å². The zero-order valence-corrected chi connectivity index (χ0v) is 13.6. The lowest BCUT2D eigenvalue weighted by atomic mass is 10.2. The molecule has 0 N–H and O–H groups in total. The number of aromatic nitrogens is 1. The average molecular weight is 342 g/mol. The summed E-state index contributed by atoms with van der Waals surface area (Å²) in [5.41, 5.74) is 1.01. The summed E-state index contributed by atoms with van der Waals surface area (Å²) in [5, 5.41) is 4.22. The first kappa shape index (κ1) is 15.3. The van der Waals surface area contributed by atoms with E-state index in [1.54, 1.807) is 6.92 Å². The molecule has 1 saturated heterocycles. The SMILES string of the molecule is Cc1oncc1S(=O)(=O)N1CCN(c2cccc(Cl)c2)CC1. The summed E-state index contributed by atoms with van der Waals surface area (Å²) < 4.78 is 31.4. The van der Waals surface area contributed by atoms with Gasteiger partial charge in [-0.1, -0.05) is 22.8 Å². The molecule has 1 aromatic carbocycles. The van der Waals surface area contributed by atoms with E-state index >= 15 is 0 Å². The molecule has 3 rings (SSSR count). The second-order valence-electron chi connectivity index (χ2n) is 5.12. The van der Waals surface area contributed by atoms with Gasteiger partial charge in [0, 0.05) is 36.9 Å². The Morgan fingerprint density at radius 3 is 2.55 bits per heavy atom. The van der Waals surface area contributed by atoms with Crippen molar-refractivity contribution in [2.24, 2.45) is 0 Å². The smallest absolute Gasteiger partial charge is 0.248 e. The Balaban J connectivity index is 1.73. The van der Waals surface area contributed by atoms with Crippen LogP contribution in [0.4, 0.5) is 5.69 Å². The molecule has 1 aromatic heterocycles. The van der Waals surface area contributed by atoms with Crippen LogP contribution in [0, 0.1) is 6.92 Å². The molecule has 0 bridgehead atoms. The molecule has 0 amide bonds. The van der Waals surface area contributed by atoms with Crippen LogP contribution < -0.4 is 4.90 Å². The Hall–Kier alpha value is -1.57. The minimum absolute atomic E-state index is 0.142. The van der Waals surface area contributed by atoms with E-state index in [9.17, 15) is 8.42 Å². The maximum atomic E-state index is 12.6. The standard InChI is InChI=1S/C14H16ClN3O3S/c1-11-14(10-16-21-11)22(19,20)18-7-5-17(6-8-18)13-4-2-3-12(15)9-13/h2-4,9-10H,5-8H2,1H3. The minimum atomic E-state index is -3.54. The van der Waals surface area contributed by atoms with E-state index in [0.717, 1.165) is 5.69 Å². The lowest BCUT2D eigenvalue weighted by Crippen LogP contribution is -2.48. The molecule has 2 aromatic rings. The zero-order chi connectivity index (χ0) is 15.7. The lowest BCUT2D eigenvalue weighted by Gasteiger charge is -2.35. The summed E-state index contributed by atoms with van der Waals surface area (Å²) in [5.74, 6) is 0.317. The number of piperazine rings is 1. The number of aryl methyl sites for hydroxylation is 1. The van der Waals surface area contributed by atoms with Crippen LogP contribution >= 0.6 is 11.6 Å². The van der Waals surface area contributed by atoms with Gasteiger partial charge in [-0.25, -0.2) is 8.42 Å². The van der Waals surface area contributed by atoms with E-state index in [1.807, 2.05) is 24.3 Å². The molecule has 8 heteroatoms. The highest BCUT2D eigenvalue weighted by Gasteiger charge is 2.31. The molecule has 2 heterocycles. The van der Waals surface area contributed by atoms with Gasteiger partial charge < -0.3 is 9.42 Å². The second kappa shape index (κ2) is 5.91. The Bertz CT molecular complexity index is 767. The number of hydrogen-bond acceptors (Lipinski definition) is 5. The Kier molecular flexibility index (Phi) is 4.12. The Labute approximate surface area is 134 Å². The van der Waals surface area contributed by atoms with Crippen LogP contribution in [0.5, 0.6) is 0 Å². The van der Waals surface area contributed by atoms with Crippen molar-refractivity contribution >= 4 is 27.3 Å². The number of hydrogen-bond donors (Lipinski definition) is 0. The summed E-state index contributed by atoms with van der Waals surface area (Å²) in [4.78, 5) is 2.27. The quantitative estimate of drug-likeness (QED) is 0.855. The second-order valence-corrected chi connectivity index (χ2v) is 7.46. The molecule has 118 valence electrons. The number of anilines is 1. The van der Waals surface area contributed by atoms with Gasteiger partial charge in [0.25, 0.3) is 0 Å². The summed E-state index contributed by atoms with van der Waals surface area (Å²) in [7, 11) is -3.54. The van der Waals surface area contributed by atoms with Crippen LogP contribution in [-0.4, -0.2) is 44.1 Å². The van der Waals surface area contributed by atoms with Gasteiger partial charge in [0.05, 0.1) is 6.20 Å². The third-order valence-electron chi connectivity index (χ3n) is 3.74. The summed E-state index contributed by atoms with van der Waals surface area (Å²) in [6, 6.07) is 7.57. The number of sulfonamides is 1. The van der Waals surface area contributed by atoms with Gasteiger partial charge >= 0.3 is 0 Å². The van der Waals surface area contributed by atoms with E-state index in [2.05, 4.69) is 10.1 Å². The molecule has 0 spiro atoms. The molecule has 0 aliphatic carbocycles. The van der Waals surface area contributed by atoms with Crippen molar-refractivity contribution in [3.63, 3.8) is 0 Å². The Morgan fingerprint density at radius 2 is 1.95 bits per heavy atom. The normalized spacial score (nSPS) is 16.9. The molecule has 1 fully saturated rings. The van der Waals surface area contributed by atoms with Gasteiger partial charge in [0.2, 0.25) is 10.0 Å². The highest BCUT2D eigenvalue weighted by atomic mass is 35.5. The molecule has 0 unspecified atom stereocenters. The van der Waals surface area contributed by atoms with Crippen molar-refractivity contribution in [1.29, 1.82) is 0 Å². The first-order valence-corrected chi connectivity index (χ1v) is 8.72. The minimum Gasteiger partial charge on any atom is -0.369 e. The van der Waals surface area contributed by atoms with Crippen LogP contribution in [-0.2, 0) is 10.0 Å². The first-order valence-electron chi connectivity index (χ1n) is 6.90. The number of rotatable bonds is 3. The zero-order valence-electron chi connectivity index (χ0n) is 12.1. The van der Waals surface area contributed by atoms with Crippen molar-refractivity contribution in [1.82, 2.24) is 9.46 Å². The van der Waals surface area contributed by atoms with Gasteiger partial charge in [-0.2, -0.15) is 4.31 Å². The first-order chi connectivity index (χ1) is 10.5. The summed E-state index contributed by atoms with van der Waals surface area (Å²) in [6.45, 7) is 3.66. The predicted molar refractivity (Wildman–Crippen MR) is 83.7 cm³/mol. The fraction of sp³-hybridized carbons (Fsp3) is 0.357. The van der Waals surface area contributed by atoms with Crippen LogP contribution in [0.15, 0.2) is 39.9 Å². The highest BCUT2D eigenvalue weighted by molar-refractivity contribution is 7.89. The molecule has 1 aliphatic heterocycles. The summed E-state index contributed by atoms with van der Waals surface area (Å²) in [6.07, 6.45) is 1.26. The number of nitrogens with zero attached hydrogens (tertiary/aromatic N) is 3. The predicted octanol–water partition coefficient (Wildman–Crippen LogP) is 2.15. The van der Waals surface area contributed by atoms with E-state index in [1.165, 1.54) is 10.5 Å². The maximum absolute atomic E-state index is 12.6. The van der Waals surface area contributed by atoms with Gasteiger partial charge in [-0.05, 0) is 25.1 Å². The topological polar surface area (TPSA) is 66.7 Å². The molecule has 0 saturated carbocycles. The van der Waals surface area contributed by atoms with Gasteiger partial charge in [0.1, 0.15) is 4.90 Å². The fourth-order valence-corrected chi connectivity index (χ4v) is 4.22. The average Bonchev–Trinajstić information content (AvgIpc) is 2.94. The van der Waals surface area contributed by atoms with Crippen LogP contribution in [0.25, 0.3) is 0 Å². The van der Waals surface area contributed by atoms with Crippen molar-refractivity contribution in [2.45, 2.75) is 11.8 Å². The molecule has 0 atom stereocenters. The molecular formula is C14H16ClN3O3S. The molecule has 0 radical (unpaired) electrons. The Morgan fingerprint density at radius 1 is 1.23 bits per heavy atom. The molecular weight excluding hydrogens is 326 g/mol. The van der Waals surface area contributed by atoms with Gasteiger partial charge in [0.15, 0.2) is 5.76 Å². The van der Waals surface area contributed by atoms with Crippen molar-refractivity contribution in [3.8, 4) is 0 Å². The molecule has 6 nitrogen and oxygen atoms in total. The van der Waals surface area contributed by atoms with E-state index in [4.69, 9.17) is 16.1 Å². The molecule has 22 heavy (non-hydrogen) atoms. The monoisotopic (exact) mass is 341 g/mol. The highest BCUT2D eigenvalue weighted by Crippen LogP contribution is 2.24. The fourth-order valence-electron chi connectivity index (χ4n) is 2.54. The van der Waals surface area contributed by atoms with Crippen molar-refractivity contribution in [3.05, 3.63) is 41.2 Å². The van der Waals surface area contributed by atoms with Gasteiger partial charge in [-0.3, -0.25) is 0 Å². The number of benzene rings is 1. The molecule has 1 aliphatic rings. The van der Waals surface area contributed by atoms with Crippen LogP contribution in [0.2, 0.25) is 5.02 Å². The van der Waals surface area contributed by atoms with Crippen molar-refractivity contribution in [2.75, 3.05) is 31.1 Å². The van der Waals surface area contributed by atoms with Crippen LogP contribution in [0.3, 0.4) is 0 Å². The largest absolute Gasteiger partial charge is 0.369 e. The third kappa shape index (κ3) is 2.84. The van der Waals surface area contributed by atoms with Gasteiger partial charge in [-0.15, -0.1) is 0 Å². The maximum Gasteiger partial charge on any atom is 0.248 e. The van der Waals surface area contributed by atoms with E-state index < -0.39 is 10.0 Å².